The van der Waals surface area contributed by atoms with Crippen LogP contribution in [0.5, 0.6) is 5.75 Å². The number of carbonyl (C=O) groups excluding carboxylic acids is 1. The standard InChI is InChI=1S/C35H36N6O3/c1-19-31(20(2)44-40-19)28-16-29-27(17-30(28)43-5)32-33(37-21(3)38-34(32)39-29)25-10-11-26(24-9-7-6-8-23(24)25)35(42)36-18-22-12-14-41(4)15-13-22/h6-11,16-17,22H,12-15,18H2,1-5H3,(H,36,42)(H,37,38,39). The van der Waals surface area contributed by atoms with E-state index in [1.165, 1.54) is 0 Å². The summed E-state index contributed by atoms with van der Waals surface area (Å²) in [4.78, 5) is 29.1. The highest BCUT2D eigenvalue weighted by molar-refractivity contribution is 6.17. The van der Waals surface area contributed by atoms with Crippen molar-refractivity contribution in [3.8, 4) is 28.1 Å². The fraction of sp³-hybridized carbons (Fsp3) is 0.314. The van der Waals surface area contributed by atoms with Crippen LogP contribution >= 0.6 is 0 Å². The average Bonchev–Trinajstić information content (AvgIpc) is 3.56. The Morgan fingerprint density at radius 3 is 2.52 bits per heavy atom. The zero-order chi connectivity index (χ0) is 30.5. The maximum atomic E-state index is 13.5. The Balaban J connectivity index is 1.34. The Morgan fingerprint density at radius 1 is 1.02 bits per heavy atom. The van der Waals surface area contributed by atoms with Crippen LogP contribution in [-0.4, -0.2) is 64.7 Å². The van der Waals surface area contributed by atoms with E-state index in [-0.39, 0.29) is 5.91 Å². The summed E-state index contributed by atoms with van der Waals surface area (Å²) in [5, 5.41) is 11.1. The fourth-order valence-electron chi connectivity index (χ4n) is 6.66. The minimum atomic E-state index is -0.0422. The highest BCUT2D eigenvalue weighted by atomic mass is 16.5. The van der Waals surface area contributed by atoms with Crippen molar-refractivity contribution in [2.45, 2.75) is 33.6 Å². The topological polar surface area (TPSA) is 109 Å². The fourth-order valence-corrected chi connectivity index (χ4v) is 6.66. The zero-order valence-corrected chi connectivity index (χ0v) is 25.7. The van der Waals surface area contributed by atoms with Gasteiger partial charge >= 0.3 is 0 Å². The van der Waals surface area contributed by atoms with Gasteiger partial charge in [-0.1, -0.05) is 35.5 Å². The number of nitrogens with one attached hydrogen (secondary N) is 2. The maximum Gasteiger partial charge on any atom is 0.251 e. The van der Waals surface area contributed by atoms with Crippen LogP contribution in [0.15, 0.2) is 53.1 Å². The van der Waals surface area contributed by atoms with Gasteiger partial charge in [0.25, 0.3) is 5.91 Å². The van der Waals surface area contributed by atoms with Gasteiger partial charge in [0.1, 0.15) is 23.0 Å². The van der Waals surface area contributed by atoms with E-state index in [9.17, 15) is 4.79 Å². The smallest absolute Gasteiger partial charge is 0.251 e. The van der Waals surface area contributed by atoms with Crippen molar-refractivity contribution >= 4 is 38.6 Å². The molecule has 7 rings (SSSR count). The van der Waals surface area contributed by atoms with Gasteiger partial charge in [0.05, 0.1) is 29.4 Å². The van der Waals surface area contributed by atoms with E-state index in [2.05, 4.69) is 39.5 Å². The van der Waals surface area contributed by atoms with Crippen LogP contribution in [0, 0.1) is 26.7 Å². The number of hydrogen-bond donors (Lipinski definition) is 2. The molecule has 1 amide bonds. The van der Waals surface area contributed by atoms with Gasteiger partial charge < -0.3 is 24.5 Å². The molecule has 0 saturated carbocycles. The van der Waals surface area contributed by atoms with E-state index in [0.717, 1.165) is 92.5 Å². The first kappa shape index (κ1) is 28.0. The molecular weight excluding hydrogens is 552 g/mol. The van der Waals surface area contributed by atoms with E-state index in [1.807, 2.05) is 57.2 Å². The van der Waals surface area contributed by atoms with Crippen molar-refractivity contribution in [2.75, 3.05) is 33.8 Å². The first-order valence-corrected chi connectivity index (χ1v) is 15.1. The number of hydrogen-bond acceptors (Lipinski definition) is 7. The van der Waals surface area contributed by atoms with Gasteiger partial charge in [-0.25, -0.2) is 9.97 Å². The molecule has 1 fully saturated rings. The number of nitrogens with zero attached hydrogens (tertiary/aromatic N) is 4. The summed E-state index contributed by atoms with van der Waals surface area (Å²) in [6.07, 6.45) is 2.21. The Labute approximate surface area is 255 Å². The van der Waals surface area contributed by atoms with Gasteiger partial charge in [-0.2, -0.15) is 0 Å². The summed E-state index contributed by atoms with van der Waals surface area (Å²) in [5.41, 5.74) is 6.68. The summed E-state index contributed by atoms with van der Waals surface area (Å²) >= 11 is 0. The van der Waals surface area contributed by atoms with Crippen molar-refractivity contribution in [3.63, 3.8) is 0 Å². The van der Waals surface area contributed by atoms with Crippen LogP contribution in [-0.2, 0) is 0 Å². The molecule has 0 spiro atoms. The molecule has 3 aromatic heterocycles. The van der Waals surface area contributed by atoms with Crippen LogP contribution in [0.25, 0.3) is 55.1 Å². The van der Waals surface area contributed by atoms with Gasteiger partial charge in [0, 0.05) is 34.1 Å². The number of piperidine rings is 1. The number of likely N-dealkylation sites (tertiary alicyclic amines) is 1. The highest BCUT2D eigenvalue weighted by Crippen LogP contribution is 2.42. The molecule has 4 heterocycles. The molecule has 1 aliphatic rings. The van der Waals surface area contributed by atoms with Crippen molar-refractivity contribution < 1.29 is 14.1 Å². The third-order valence-corrected chi connectivity index (χ3v) is 9.00. The largest absolute Gasteiger partial charge is 0.496 e. The van der Waals surface area contributed by atoms with Crippen LogP contribution < -0.4 is 10.1 Å². The van der Waals surface area contributed by atoms with Crippen molar-refractivity contribution in [2.24, 2.45) is 5.92 Å². The number of fused-ring (bicyclic) bond motifs is 4. The molecule has 1 saturated heterocycles. The number of benzene rings is 3. The molecule has 9 heteroatoms. The predicted octanol–water partition coefficient (Wildman–Crippen LogP) is 6.59. The normalized spacial score (nSPS) is 14.6. The summed E-state index contributed by atoms with van der Waals surface area (Å²) in [6, 6.07) is 16.1. The first-order chi connectivity index (χ1) is 21.3. The number of aromatic nitrogens is 4. The van der Waals surface area contributed by atoms with Gasteiger partial charge in [0.2, 0.25) is 0 Å². The van der Waals surface area contributed by atoms with E-state index in [1.54, 1.807) is 7.11 Å². The number of aromatic amines is 1. The average molecular weight is 589 g/mol. The molecule has 0 aliphatic carbocycles. The third-order valence-electron chi connectivity index (χ3n) is 9.00. The quantitative estimate of drug-likeness (QED) is 0.226. The lowest BCUT2D eigenvalue weighted by Gasteiger charge is -2.29. The molecular formula is C35H36N6O3. The molecule has 9 nitrogen and oxygen atoms in total. The Kier molecular flexibility index (Phi) is 7.05. The van der Waals surface area contributed by atoms with E-state index in [0.29, 0.717) is 29.6 Å². The second-order valence-corrected chi connectivity index (χ2v) is 11.9. The lowest BCUT2D eigenvalue weighted by Crippen LogP contribution is -2.36. The van der Waals surface area contributed by atoms with Crippen molar-refractivity contribution in [3.05, 3.63) is 71.4 Å². The second kappa shape index (κ2) is 11.1. The number of ether oxygens (including phenoxy) is 1. The number of rotatable bonds is 6. The lowest BCUT2D eigenvalue weighted by atomic mass is 9.94. The van der Waals surface area contributed by atoms with E-state index in [4.69, 9.17) is 19.2 Å². The van der Waals surface area contributed by atoms with Crippen molar-refractivity contribution in [1.29, 1.82) is 0 Å². The number of methoxy groups -OCH3 is 1. The monoisotopic (exact) mass is 588 g/mol. The molecule has 0 radical (unpaired) electrons. The Bertz CT molecular complexity index is 2030. The highest BCUT2D eigenvalue weighted by Gasteiger charge is 2.23. The molecule has 224 valence electrons. The SMILES string of the molecule is COc1cc2c(cc1-c1c(C)noc1C)[nH]c1nc(C)nc(-c3ccc(C(=O)NCC4CCN(C)CC4)c4ccccc34)c12. The van der Waals surface area contributed by atoms with Crippen LogP contribution in [0.4, 0.5) is 0 Å². The predicted molar refractivity (Wildman–Crippen MR) is 173 cm³/mol. The minimum Gasteiger partial charge on any atom is -0.496 e. The number of H-pyrrole nitrogens is 1. The van der Waals surface area contributed by atoms with Crippen LogP contribution in [0.3, 0.4) is 0 Å². The van der Waals surface area contributed by atoms with E-state index >= 15 is 0 Å². The molecule has 2 N–H and O–H groups in total. The zero-order valence-electron chi connectivity index (χ0n) is 25.7. The summed E-state index contributed by atoms with van der Waals surface area (Å²) in [6.45, 7) is 8.58. The summed E-state index contributed by atoms with van der Waals surface area (Å²) < 4.78 is 11.3. The molecule has 44 heavy (non-hydrogen) atoms. The lowest BCUT2D eigenvalue weighted by molar-refractivity contribution is 0.0940. The molecule has 3 aromatic carbocycles. The third kappa shape index (κ3) is 4.77. The van der Waals surface area contributed by atoms with Gasteiger partial charge in [-0.15, -0.1) is 0 Å². The van der Waals surface area contributed by atoms with Gasteiger partial charge in [0.15, 0.2) is 0 Å². The van der Waals surface area contributed by atoms with Gasteiger partial charge in [-0.3, -0.25) is 4.79 Å². The maximum absolute atomic E-state index is 13.5. The van der Waals surface area contributed by atoms with E-state index < -0.39 is 0 Å². The Morgan fingerprint density at radius 2 is 1.80 bits per heavy atom. The molecule has 0 bridgehead atoms. The Hall–Kier alpha value is -4.76. The molecule has 6 aromatic rings. The van der Waals surface area contributed by atoms with Crippen molar-refractivity contribution in [1.82, 2.24) is 30.3 Å². The number of aryl methyl sites for hydroxylation is 3. The number of amides is 1. The second-order valence-electron chi connectivity index (χ2n) is 11.9. The first-order valence-electron chi connectivity index (χ1n) is 15.1. The van der Waals surface area contributed by atoms with Crippen LogP contribution in [0.2, 0.25) is 0 Å². The summed E-state index contributed by atoms with van der Waals surface area (Å²) in [7, 11) is 3.82. The van der Waals surface area contributed by atoms with Crippen LogP contribution in [0.1, 0.15) is 40.5 Å². The minimum absolute atomic E-state index is 0.0422. The summed E-state index contributed by atoms with van der Waals surface area (Å²) in [5.74, 6) is 2.56. The molecule has 1 aliphatic heterocycles. The molecule has 0 atom stereocenters. The van der Waals surface area contributed by atoms with Gasteiger partial charge in [-0.05, 0) is 88.6 Å². The number of carbonyl (C=O) groups is 1. The molecule has 0 unspecified atom stereocenters.